The van der Waals surface area contributed by atoms with Gasteiger partial charge in [0.2, 0.25) is 0 Å². The average molecular weight is 263 g/mol. The second-order valence-corrected chi connectivity index (χ2v) is 5.79. The molecule has 1 aromatic rings. The van der Waals surface area contributed by atoms with Gasteiger partial charge in [0.15, 0.2) is 0 Å². The summed E-state index contributed by atoms with van der Waals surface area (Å²) in [5, 5.41) is 3.43. The summed E-state index contributed by atoms with van der Waals surface area (Å²) in [4.78, 5) is 4.90. The lowest BCUT2D eigenvalue weighted by molar-refractivity contribution is 0.105. The molecule has 4 heteroatoms. The van der Waals surface area contributed by atoms with Crippen molar-refractivity contribution in [1.82, 2.24) is 14.9 Å². The molecule has 2 aliphatic rings. The van der Waals surface area contributed by atoms with E-state index in [1.807, 2.05) is 7.11 Å². The van der Waals surface area contributed by atoms with E-state index in [9.17, 15) is 0 Å². The number of imidazole rings is 1. The Hall–Kier alpha value is -0.870. The molecule has 1 saturated carbocycles. The Labute approximate surface area is 115 Å². The van der Waals surface area contributed by atoms with E-state index in [2.05, 4.69) is 16.8 Å². The van der Waals surface area contributed by atoms with Gasteiger partial charge in [-0.25, -0.2) is 4.98 Å². The number of nitrogens with one attached hydrogen (secondary N) is 1. The molecule has 2 heterocycles. The summed E-state index contributed by atoms with van der Waals surface area (Å²) >= 11 is 0. The molecular formula is C15H25N3O. The minimum Gasteiger partial charge on any atom is -0.381 e. The maximum Gasteiger partial charge on any atom is 0.109 e. The van der Waals surface area contributed by atoms with Gasteiger partial charge in [0.05, 0.1) is 11.8 Å². The van der Waals surface area contributed by atoms with E-state index in [1.54, 1.807) is 0 Å². The zero-order valence-corrected chi connectivity index (χ0v) is 12.1. The van der Waals surface area contributed by atoms with Crippen LogP contribution in [0.25, 0.3) is 0 Å². The van der Waals surface area contributed by atoms with Crippen molar-refractivity contribution in [3.63, 3.8) is 0 Å². The molecule has 1 fully saturated rings. The lowest BCUT2D eigenvalue weighted by atomic mass is 10.1. The van der Waals surface area contributed by atoms with Gasteiger partial charge >= 0.3 is 0 Å². The molecule has 0 radical (unpaired) electrons. The molecule has 1 aliphatic carbocycles. The van der Waals surface area contributed by atoms with Crippen LogP contribution in [-0.4, -0.2) is 29.3 Å². The van der Waals surface area contributed by atoms with Gasteiger partial charge in [0.1, 0.15) is 5.82 Å². The number of ether oxygens (including phenoxy) is 1. The number of aromatic nitrogens is 2. The molecule has 0 bridgehead atoms. The second kappa shape index (κ2) is 5.63. The summed E-state index contributed by atoms with van der Waals surface area (Å²) in [6.07, 6.45) is 7.43. The molecule has 4 nitrogen and oxygen atoms in total. The first-order valence-corrected chi connectivity index (χ1v) is 7.65. The van der Waals surface area contributed by atoms with Crippen LogP contribution in [0.4, 0.5) is 0 Å². The zero-order valence-electron chi connectivity index (χ0n) is 12.1. The fourth-order valence-corrected chi connectivity index (χ4v) is 3.59. The third-order valence-corrected chi connectivity index (χ3v) is 4.53. The average Bonchev–Trinajstić information content (AvgIpc) is 3.02. The third-order valence-electron chi connectivity index (χ3n) is 4.53. The van der Waals surface area contributed by atoms with Crippen molar-refractivity contribution in [2.24, 2.45) is 0 Å². The third kappa shape index (κ3) is 2.43. The van der Waals surface area contributed by atoms with Crippen molar-refractivity contribution in [3.05, 3.63) is 17.2 Å². The number of rotatable bonds is 4. The van der Waals surface area contributed by atoms with Crippen LogP contribution in [0, 0.1) is 0 Å². The molecule has 0 spiro atoms. The van der Waals surface area contributed by atoms with Crippen molar-refractivity contribution in [2.75, 3.05) is 13.7 Å². The van der Waals surface area contributed by atoms with Crippen LogP contribution < -0.4 is 5.32 Å². The summed E-state index contributed by atoms with van der Waals surface area (Å²) in [5.74, 6) is 1.30. The molecular weight excluding hydrogens is 238 g/mol. The minimum atomic E-state index is 0.444. The summed E-state index contributed by atoms with van der Waals surface area (Å²) in [6.45, 7) is 4.27. The van der Waals surface area contributed by atoms with E-state index in [0.717, 1.165) is 32.4 Å². The molecule has 1 N–H and O–H groups in total. The maximum atomic E-state index is 5.54. The summed E-state index contributed by atoms with van der Waals surface area (Å²) in [6, 6.07) is 0.612. The van der Waals surface area contributed by atoms with Crippen LogP contribution in [0.5, 0.6) is 0 Å². The predicted molar refractivity (Wildman–Crippen MR) is 75.3 cm³/mol. The van der Waals surface area contributed by atoms with Gasteiger partial charge in [0.25, 0.3) is 0 Å². The first kappa shape index (κ1) is 13.1. The van der Waals surface area contributed by atoms with Gasteiger partial charge in [-0.3, -0.25) is 0 Å². The predicted octanol–water partition coefficient (Wildman–Crippen LogP) is 2.22. The zero-order chi connectivity index (χ0) is 13.2. The number of nitrogens with zero attached hydrogens (tertiary/aromatic N) is 2. The van der Waals surface area contributed by atoms with E-state index < -0.39 is 0 Å². The highest BCUT2D eigenvalue weighted by molar-refractivity contribution is 5.22. The van der Waals surface area contributed by atoms with E-state index in [-0.39, 0.29) is 0 Å². The Kier molecular flexibility index (Phi) is 3.89. The lowest BCUT2D eigenvalue weighted by Gasteiger charge is -2.21. The van der Waals surface area contributed by atoms with Gasteiger partial charge in [-0.15, -0.1) is 0 Å². The van der Waals surface area contributed by atoms with Gasteiger partial charge in [-0.05, 0) is 25.7 Å². The van der Waals surface area contributed by atoms with Crippen LogP contribution in [0.15, 0.2) is 0 Å². The lowest BCUT2D eigenvalue weighted by Crippen LogP contribution is -2.26. The standard InChI is InChI=1S/C15H25N3O/c1-3-4-15-17-13-10-16-8-7-14(13)18(15)11-5-6-12(9-11)19-2/h11-12,16H,3-10H2,1-2H3. The molecule has 1 aromatic heterocycles. The normalized spacial score (nSPS) is 26.6. The molecule has 106 valence electrons. The first-order valence-electron chi connectivity index (χ1n) is 7.65. The van der Waals surface area contributed by atoms with Crippen LogP contribution in [-0.2, 0) is 24.1 Å². The fourth-order valence-electron chi connectivity index (χ4n) is 3.59. The SMILES string of the molecule is CCCc1nc2c(n1C1CCC(OC)C1)CCNC2. The van der Waals surface area contributed by atoms with Crippen molar-refractivity contribution in [3.8, 4) is 0 Å². The maximum absolute atomic E-state index is 5.54. The molecule has 0 amide bonds. The number of aryl methyl sites for hydroxylation is 1. The Morgan fingerprint density at radius 2 is 2.32 bits per heavy atom. The Bertz CT molecular complexity index is 441. The molecule has 2 unspecified atom stereocenters. The Morgan fingerprint density at radius 3 is 3.05 bits per heavy atom. The second-order valence-electron chi connectivity index (χ2n) is 5.79. The van der Waals surface area contributed by atoms with Crippen molar-refractivity contribution in [1.29, 1.82) is 0 Å². The van der Waals surface area contributed by atoms with Crippen LogP contribution in [0.2, 0.25) is 0 Å². The van der Waals surface area contributed by atoms with Gasteiger partial charge in [0, 0.05) is 44.8 Å². The minimum absolute atomic E-state index is 0.444. The quantitative estimate of drug-likeness (QED) is 0.905. The highest BCUT2D eigenvalue weighted by atomic mass is 16.5. The van der Waals surface area contributed by atoms with Gasteiger partial charge in [-0.1, -0.05) is 6.92 Å². The number of fused-ring (bicyclic) bond motifs is 1. The molecule has 0 aromatic carbocycles. The van der Waals surface area contributed by atoms with Crippen LogP contribution >= 0.6 is 0 Å². The number of methoxy groups -OCH3 is 1. The molecule has 3 rings (SSSR count). The first-order chi connectivity index (χ1) is 9.33. The van der Waals surface area contributed by atoms with Crippen LogP contribution in [0.1, 0.15) is 55.9 Å². The summed E-state index contributed by atoms with van der Waals surface area (Å²) in [5.41, 5.74) is 2.78. The van der Waals surface area contributed by atoms with E-state index in [1.165, 1.54) is 36.5 Å². The molecule has 19 heavy (non-hydrogen) atoms. The van der Waals surface area contributed by atoms with E-state index >= 15 is 0 Å². The monoisotopic (exact) mass is 263 g/mol. The Morgan fingerprint density at radius 1 is 1.42 bits per heavy atom. The van der Waals surface area contributed by atoms with Crippen molar-refractivity contribution >= 4 is 0 Å². The number of hydrogen-bond acceptors (Lipinski definition) is 3. The van der Waals surface area contributed by atoms with Crippen molar-refractivity contribution < 1.29 is 4.74 Å². The Balaban J connectivity index is 1.91. The van der Waals surface area contributed by atoms with Crippen LogP contribution in [0.3, 0.4) is 0 Å². The molecule has 0 saturated heterocycles. The molecule has 1 aliphatic heterocycles. The van der Waals surface area contributed by atoms with E-state index in [4.69, 9.17) is 9.72 Å². The summed E-state index contributed by atoms with van der Waals surface area (Å²) in [7, 11) is 1.84. The summed E-state index contributed by atoms with van der Waals surface area (Å²) < 4.78 is 8.11. The number of hydrogen-bond donors (Lipinski definition) is 1. The van der Waals surface area contributed by atoms with Gasteiger partial charge < -0.3 is 14.6 Å². The smallest absolute Gasteiger partial charge is 0.109 e. The largest absolute Gasteiger partial charge is 0.381 e. The highest BCUT2D eigenvalue weighted by Gasteiger charge is 2.30. The molecule has 2 atom stereocenters. The van der Waals surface area contributed by atoms with E-state index in [0.29, 0.717) is 12.1 Å². The van der Waals surface area contributed by atoms with Crippen molar-refractivity contribution in [2.45, 2.75) is 64.1 Å². The topological polar surface area (TPSA) is 39.1 Å². The highest BCUT2D eigenvalue weighted by Crippen LogP contribution is 2.35. The fraction of sp³-hybridized carbons (Fsp3) is 0.800. The van der Waals surface area contributed by atoms with Gasteiger partial charge in [-0.2, -0.15) is 0 Å².